The minimum atomic E-state index is -0.141. The molecule has 4 heterocycles. The number of aryl methyl sites for hydroxylation is 1. The Morgan fingerprint density at radius 1 is 0.344 bits per heavy atom. The number of anilines is 6. The summed E-state index contributed by atoms with van der Waals surface area (Å²) in [4.78, 5) is 7.83. The first kappa shape index (κ1) is 55.1. The fourth-order valence-corrected chi connectivity index (χ4v) is 17.8. The van der Waals surface area contributed by atoms with Crippen molar-refractivity contribution in [2.24, 2.45) is 0 Å². The number of fused-ring (bicyclic) bond motifs is 12. The van der Waals surface area contributed by atoms with E-state index in [4.69, 9.17) is 0 Å². The maximum Gasteiger partial charge on any atom is 0.252 e. The fourth-order valence-electron chi connectivity index (χ4n) is 15.7. The maximum atomic E-state index is 2.65. The zero-order chi connectivity index (χ0) is 61.5. The van der Waals surface area contributed by atoms with Gasteiger partial charge in [-0.25, -0.2) is 0 Å². The summed E-state index contributed by atoms with van der Waals surface area (Å²) in [6.45, 7) is 26.0. The fraction of sp³-hybridized carbons (Fsp3) is 0.176. The van der Waals surface area contributed by atoms with Gasteiger partial charge in [-0.15, -0.1) is 22.7 Å². The summed E-state index contributed by atoms with van der Waals surface area (Å²) in [6, 6.07) is 89.8. The molecule has 90 heavy (non-hydrogen) atoms. The molecule has 0 N–H and O–H groups in total. The number of hydrogen-bond acceptors (Lipinski definition) is 4. The lowest BCUT2D eigenvalue weighted by molar-refractivity contribution is 0.590. The van der Waals surface area contributed by atoms with Gasteiger partial charge in [-0.05, 0) is 237 Å². The van der Waals surface area contributed by atoms with Gasteiger partial charge in [0.05, 0.1) is 0 Å². The van der Waals surface area contributed by atoms with Gasteiger partial charge < -0.3 is 9.80 Å². The summed E-state index contributed by atoms with van der Waals surface area (Å²) in [5.74, 6) is 0. The Balaban J connectivity index is 0.928. The molecule has 2 aromatic heterocycles. The van der Waals surface area contributed by atoms with Crippen LogP contribution in [0.2, 0.25) is 0 Å². The monoisotopic (exact) mass is 1190 g/mol. The van der Waals surface area contributed by atoms with Gasteiger partial charge in [0, 0.05) is 64.1 Å². The van der Waals surface area contributed by atoms with E-state index in [1.54, 1.807) is 0 Å². The van der Waals surface area contributed by atoms with Crippen molar-refractivity contribution in [3.63, 3.8) is 0 Å². The van der Waals surface area contributed by atoms with Crippen molar-refractivity contribution in [2.45, 2.75) is 97.8 Å². The van der Waals surface area contributed by atoms with Gasteiger partial charge in [0.2, 0.25) is 0 Å². The van der Waals surface area contributed by atoms with E-state index in [2.05, 4.69) is 316 Å². The molecule has 11 aromatic carbocycles. The molecule has 0 spiro atoms. The molecule has 13 aromatic rings. The number of rotatable bonds is 6. The largest absolute Gasteiger partial charge is 0.311 e. The van der Waals surface area contributed by atoms with E-state index in [1.807, 2.05) is 22.7 Å². The highest BCUT2D eigenvalue weighted by molar-refractivity contribution is 7.22. The molecule has 0 fully saturated rings. The normalized spacial score (nSPS) is 14.7. The molecule has 0 radical (unpaired) electrons. The minimum Gasteiger partial charge on any atom is -0.311 e. The lowest BCUT2D eigenvalue weighted by Gasteiger charge is -2.45. The summed E-state index contributed by atoms with van der Waals surface area (Å²) in [7, 11) is 0. The highest BCUT2D eigenvalue weighted by Gasteiger charge is 2.45. The van der Waals surface area contributed by atoms with Crippen LogP contribution in [0.1, 0.15) is 108 Å². The van der Waals surface area contributed by atoms with Crippen molar-refractivity contribution >= 4 is 100 Å². The molecule has 2 aliphatic carbocycles. The van der Waals surface area contributed by atoms with Crippen LogP contribution in [0.3, 0.4) is 0 Å². The third kappa shape index (κ3) is 8.42. The van der Waals surface area contributed by atoms with Gasteiger partial charge >= 0.3 is 0 Å². The van der Waals surface area contributed by atoms with Crippen LogP contribution in [0.4, 0.5) is 34.1 Å². The van der Waals surface area contributed by atoms with Crippen LogP contribution < -0.4 is 26.2 Å². The Hall–Kier alpha value is -9.00. The van der Waals surface area contributed by atoms with E-state index < -0.39 is 0 Å². The van der Waals surface area contributed by atoms with Crippen LogP contribution in [0.15, 0.2) is 231 Å². The van der Waals surface area contributed by atoms with E-state index in [-0.39, 0.29) is 28.4 Å². The van der Waals surface area contributed by atoms with E-state index in [0.29, 0.717) is 0 Å². The number of nitrogens with zero attached hydrogens (tertiary/aromatic N) is 2. The Morgan fingerprint density at radius 3 is 1.18 bits per heavy atom. The number of thiophene rings is 2. The highest BCUT2D eigenvalue weighted by Crippen LogP contribution is 2.54. The zero-order valence-electron chi connectivity index (χ0n) is 53.2. The first-order valence-electron chi connectivity index (χ1n) is 32.1. The van der Waals surface area contributed by atoms with Crippen LogP contribution in [-0.4, -0.2) is 6.71 Å². The Morgan fingerprint density at radius 2 is 0.744 bits per heavy atom. The second-order valence-electron chi connectivity index (χ2n) is 29.1. The Bertz CT molecular complexity index is 4820. The van der Waals surface area contributed by atoms with Gasteiger partial charge in [0.25, 0.3) is 6.71 Å². The molecule has 0 saturated heterocycles. The summed E-state index contributed by atoms with van der Waals surface area (Å²) >= 11 is 3.77. The molecule has 17 rings (SSSR count). The Labute approximate surface area is 538 Å². The molecule has 0 unspecified atom stereocenters. The molecule has 0 bridgehead atoms. The molecule has 5 heteroatoms. The average Bonchev–Trinajstić information content (AvgIpc) is 1.06. The van der Waals surface area contributed by atoms with E-state index >= 15 is 0 Å². The molecular weight excluding hydrogens is 1120 g/mol. The first-order valence-corrected chi connectivity index (χ1v) is 33.7. The molecule has 4 aliphatic rings. The summed E-state index contributed by atoms with van der Waals surface area (Å²) in [5, 5.41) is 2.54. The van der Waals surface area contributed by atoms with Crippen molar-refractivity contribution < 1.29 is 0 Å². The SMILES string of the molecule is Cc1cc2c3c(c1)N(c1cc(-c4ccc5c(c4)C(C)(C)c4ccccc4-5)cc(-c4cc5ccccc5s4)c1)c1ccc(C(C)(C)C)cc1B3c1cc(C(C)(C)C)ccc1N2c1cc(-c2ccc3c(c2)C(C)(C)c2ccccc2-3)cc(-c2cc3ccccc3s2)c1. The van der Waals surface area contributed by atoms with Gasteiger partial charge in [0.15, 0.2) is 0 Å². The van der Waals surface area contributed by atoms with Gasteiger partial charge in [-0.2, -0.15) is 0 Å². The minimum absolute atomic E-state index is 0.0608. The maximum absolute atomic E-state index is 2.65. The summed E-state index contributed by atoms with van der Waals surface area (Å²) in [6.07, 6.45) is 0. The summed E-state index contributed by atoms with van der Waals surface area (Å²) in [5.41, 5.74) is 32.7. The zero-order valence-corrected chi connectivity index (χ0v) is 54.9. The second kappa shape index (κ2) is 19.5. The summed E-state index contributed by atoms with van der Waals surface area (Å²) < 4.78 is 2.59. The average molecular weight is 1200 g/mol. The standard InChI is InChI=1S/C85H71BN2S2/c1-50-36-75-81-76(37-50)88(62-41-56(39-58(43-62)80-47-54-21-13-19-27-78(54)90-80)52-29-33-66-64-23-15-17-25-68(64)85(10,11)70(66)45-52)74-35-31-60(83(5,6)7)49-72(74)86(81)71-48-59(82(2,3)4)30-34-73(71)87(75)61-40-55(38-57(42-61)79-46-53-20-12-18-26-77(53)89-79)51-28-32-65-63-22-14-16-24-67(63)84(8,9)69(65)44-51/h12-49H,1-11H3. The van der Waals surface area contributed by atoms with Crippen molar-refractivity contribution in [1.29, 1.82) is 0 Å². The first-order chi connectivity index (χ1) is 43.2. The second-order valence-corrected chi connectivity index (χ2v) is 31.2. The van der Waals surface area contributed by atoms with Crippen LogP contribution in [0.25, 0.3) is 85.6 Å². The lowest BCUT2D eigenvalue weighted by atomic mass is 9.33. The van der Waals surface area contributed by atoms with Gasteiger partial charge in [-0.1, -0.05) is 203 Å². The molecule has 2 aliphatic heterocycles. The lowest BCUT2D eigenvalue weighted by Crippen LogP contribution is -2.61. The van der Waals surface area contributed by atoms with E-state index in [1.165, 1.54) is 164 Å². The van der Waals surface area contributed by atoms with Gasteiger partial charge in [-0.3, -0.25) is 0 Å². The number of hydrogen-bond donors (Lipinski definition) is 0. The van der Waals surface area contributed by atoms with Crippen molar-refractivity contribution in [1.82, 2.24) is 0 Å². The third-order valence-corrected chi connectivity index (χ3v) is 22.9. The molecule has 436 valence electrons. The quantitative estimate of drug-likeness (QED) is 0.153. The molecule has 2 nitrogen and oxygen atoms in total. The molecular formula is C85H71BN2S2. The van der Waals surface area contributed by atoms with E-state index in [9.17, 15) is 0 Å². The van der Waals surface area contributed by atoms with Crippen molar-refractivity contribution in [3.05, 3.63) is 269 Å². The van der Waals surface area contributed by atoms with Crippen LogP contribution in [-0.2, 0) is 21.7 Å². The van der Waals surface area contributed by atoms with E-state index in [0.717, 1.165) is 11.4 Å². The number of benzene rings is 11. The predicted molar refractivity (Wildman–Crippen MR) is 390 cm³/mol. The predicted octanol–water partition coefficient (Wildman–Crippen LogP) is 22.4. The topological polar surface area (TPSA) is 6.48 Å². The molecule has 0 saturated carbocycles. The molecule has 0 amide bonds. The smallest absolute Gasteiger partial charge is 0.252 e. The Kier molecular flexibility index (Phi) is 11.9. The molecule has 0 atom stereocenters. The highest BCUT2D eigenvalue weighted by atomic mass is 32.1. The van der Waals surface area contributed by atoms with Crippen LogP contribution >= 0.6 is 22.7 Å². The van der Waals surface area contributed by atoms with Crippen LogP contribution in [0.5, 0.6) is 0 Å². The van der Waals surface area contributed by atoms with Crippen molar-refractivity contribution in [2.75, 3.05) is 9.80 Å². The third-order valence-electron chi connectivity index (χ3n) is 20.5. The van der Waals surface area contributed by atoms with Gasteiger partial charge in [0.1, 0.15) is 0 Å². The van der Waals surface area contributed by atoms with Crippen molar-refractivity contribution in [3.8, 4) is 65.4 Å². The van der Waals surface area contributed by atoms with Crippen LogP contribution in [0, 0.1) is 6.92 Å².